The second-order valence-corrected chi connectivity index (χ2v) is 14.2. The molecule has 1 aliphatic rings. The highest BCUT2D eigenvalue weighted by Crippen LogP contribution is 2.46. The Morgan fingerprint density at radius 1 is 0.826 bits per heavy atom. The van der Waals surface area contributed by atoms with Crippen molar-refractivity contribution in [2.45, 2.75) is 69.9 Å². The summed E-state index contributed by atoms with van der Waals surface area (Å²) in [6, 6.07) is 21.9. The Morgan fingerprint density at radius 2 is 1.43 bits per heavy atom. The average Bonchev–Trinajstić information content (AvgIpc) is 3.04. The van der Waals surface area contributed by atoms with Gasteiger partial charge in [-0.3, -0.25) is 4.79 Å². The Balaban J connectivity index is 1.42. The molecule has 0 saturated carbocycles. The van der Waals surface area contributed by atoms with Crippen LogP contribution >= 0.6 is 0 Å². The van der Waals surface area contributed by atoms with Crippen molar-refractivity contribution in [1.82, 2.24) is 4.72 Å². The van der Waals surface area contributed by atoms with Crippen LogP contribution in [0.1, 0.15) is 79.3 Å². The number of rotatable bonds is 19. The molecule has 8 nitrogen and oxygen atoms in total. The third-order valence-electron chi connectivity index (χ3n) is 8.86. The van der Waals surface area contributed by atoms with E-state index >= 15 is 0 Å². The number of nitrogens with one attached hydrogen (secondary N) is 1. The summed E-state index contributed by atoms with van der Waals surface area (Å²) in [5.74, 6) is -0.768. The molecule has 250 valence electrons. The fraction of sp³-hybridized carbons (Fsp3) is 0.472. The number of carbonyl (C=O) groups is 1. The van der Waals surface area contributed by atoms with Crippen LogP contribution < -0.4 is 9.62 Å². The average molecular weight is 655 g/mol. The molecule has 10 heteroatoms. The zero-order chi connectivity index (χ0) is 33.1. The number of benzene rings is 3. The van der Waals surface area contributed by atoms with E-state index in [0.717, 1.165) is 73.6 Å². The summed E-state index contributed by atoms with van der Waals surface area (Å²) >= 11 is 0. The first-order valence-corrected chi connectivity index (χ1v) is 18.1. The predicted octanol–water partition coefficient (Wildman–Crippen LogP) is 5.23. The van der Waals surface area contributed by atoms with Gasteiger partial charge in [0.15, 0.2) is 0 Å². The Hall–Kier alpha value is -3.15. The molecule has 1 saturated heterocycles. The Kier molecular flexibility index (Phi) is 13.3. The quantitative estimate of drug-likeness (QED) is 0.104. The van der Waals surface area contributed by atoms with Crippen LogP contribution in [0, 0.1) is 17.7 Å². The summed E-state index contributed by atoms with van der Waals surface area (Å²) in [4.78, 5) is 15.4. The molecule has 3 aromatic carbocycles. The summed E-state index contributed by atoms with van der Waals surface area (Å²) in [5, 5.41) is 29.4. The van der Waals surface area contributed by atoms with Crippen LogP contribution in [0.25, 0.3) is 0 Å². The maximum atomic E-state index is 13.6. The van der Waals surface area contributed by atoms with Crippen LogP contribution in [0.15, 0.2) is 72.8 Å². The molecule has 0 aromatic heterocycles. The van der Waals surface area contributed by atoms with Gasteiger partial charge in [0.1, 0.15) is 5.82 Å². The van der Waals surface area contributed by atoms with E-state index in [0.29, 0.717) is 24.9 Å². The molecule has 46 heavy (non-hydrogen) atoms. The highest BCUT2D eigenvalue weighted by molar-refractivity contribution is 7.88. The molecule has 4 rings (SSSR count). The van der Waals surface area contributed by atoms with Gasteiger partial charge in [-0.2, -0.15) is 0 Å². The van der Waals surface area contributed by atoms with E-state index in [4.69, 9.17) is 0 Å². The number of carbonyl (C=O) groups excluding carboxylic acids is 1. The van der Waals surface area contributed by atoms with Crippen molar-refractivity contribution in [3.05, 3.63) is 101 Å². The second kappa shape index (κ2) is 17.1. The maximum Gasteiger partial charge on any atom is 0.233 e. The largest absolute Gasteiger partial charge is 0.396 e. The molecule has 3 unspecified atom stereocenters. The van der Waals surface area contributed by atoms with Gasteiger partial charge in [0, 0.05) is 31.4 Å². The van der Waals surface area contributed by atoms with Crippen LogP contribution in [-0.2, 0) is 27.7 Å². The summed E-state index contributed by atoms with van der Waals surface area (Å²) in [5.41, 5.74) is 4.75. The van der Waals surface area contributed by atoms with Gasteiger partial charge < -0.3 is 20.2 Å². The molecule has 0 spiro atoms. The number of amides is 1. The summed E-state index contributed by atoms with van der Waals surface area (Å²) in [6.45, 7) is 0.391. The molecule has 4 N–H and O–H groups in total. The van der Waals surface area contributed by atoms with Crippen LogP contribution in [0.5, 0.6) is 0 Å². The van der Waals surface area contributed by atoms with Crippen molar-refractivity contribution in [1.29, 1.82) is 0 Å². The minimum Gasteiger partial charge on any atom is -0.396 e. The topological polar surface area (TPSA) is 127 Å². The third kappa shape index (κ3) is 10.2. The fourth-order valence-electron chi connectivity index (χ4n) is 6.12. The monoisotopic (exact) mass is 654 g/mol. The summed E-state index contributed by atoms with van der Waals surface area (Å²) < 4.78 is 38.3. The minimum atomic E-state index is -3.16. The molecular formula is C36H47FN2O6S. The Labute approximate surface area is 272 Å². The van der Waals surface area contributed by atoms with Crippen LogP contribution in [0.4, 0.5) is 10.1 Å². The first-order valence-electron chi connectivity index (χ1n) is 16.2. The number of β-lactam (4-membered cyclic amide) rings is 1. The molecule has 3 aromatic rings. The second-order valence-electron chi connectivity index (χ2n) is 12.4. The number of halogens is 1. The normalized spacial score (nSPS) is 17.3. The van der Waals surface area contributed by atoms with Gasteiger partial charge in [-0.1, -0.05) is 55.0 Å². The zero-order valence-electron chi connectivity index (χ0n) is 26.5. The van der Waals surface area contributed by atoms with E-state index < -0.39 is 16.1 Å². The first kappa shape index (κ1) is 35.7. The van der Waals surface area contributed by atoms with E-state index in [2.05, 4.69) is 29.0 Å². The SMILES string of the molecule is CS(=O)(=O)NCCCCCc1ccc(N2C(=O)C(CCC(O)c3ccc(F)cc3)C2c2ccc(CCCC(CO)CO)cc2)cc1. The minimum absolute atomic E-state index is 0.00515. The summed E-state index contributed by atoms with van der Waals surface area (Å²) in [6.07, 6.45) is 7.12. The molecular weight excluding hydrogens is 607 g/mol. The lowest BCUT2D eigenvalue weighted by molar-refractivity contribution is -0.131. The number of aryl methyl sites for hydroxylation is 2. The zero-order valence-corrected chi connectivity index (χ0v) is 27.3. The third-order valence-corrected chi connectivity index (χ3v) is 9.58. The lowest BCUT2D eigenvalue weighted by atomic mass is 9.78. The number of anilines is 1. The number of sulfonamides is 1. The molecule has 1 fully saturated rings. The number of hydrogen-bond acceptors (Lipinski definition) is 6. The standard InChI is InChI=1S/C36H47FN2O6S/c1-46(44,45)38-23-4-2-3-6-26-11-19-32(20-12-26)39-35(30-13-9-27(10-14-30)7-5-8-28(24-40)25-41)33(36(39)43)21-22-34(42)29-15-17-31(37)18-16-29/h9-20,28,33-35,38,40-42H,2-8,21-25H2,1H3. The van der Waals surface area contributed by atoms with Gasteiger partial charge in [0.2, 0.25) is 15.9 Å². The molecule has 3 atom stereocenters. The van der Waals surface area contributed by atoms with Crippen molar-refractivity contribution in [3.8, 4) is 0 Å². The molecule has 1 heterocycles. The van der Waals surface area contributed by atoms with Crippen molar-refractivity contribution in [2.24, 2.45) is 11.8 Å². The van der Waals surface area contributed by atoms with E-state index in [-0.39, 0.29) is 42.8 Å². The number of nitrogens with zero attached hydrogens (tertiary/aromatic N) is 1. The number of aliphatic hydroxyl groups excluding tert-OH is 3. The highest BCUT2D eigenvalue weighted by atomic mass is 32.2. The van der Waals surface area contributed by atoms with Gasteiger partial charge in [-0.15, -0.1) is 0 Å². The lowest BCUT2D eigenvalue weighted by Crippen LogP contribution is -2.55. The smallest absolute Gasteiger partial charge is 0.233 e. The van der Waals surface area contributed by atoms with E-state index in [1.165, 1.54) is 12.1 Å². The van der Waals surface area contributed by atoms with Crippen molar-refractivity contribution in [2.75, 3.05) is 30.9 Å². The first-order chi connectivity index (χ1) is 22.1. The molecule has 1 aliphatic heterocycles. The van der Waals surface area contributed by atoms with Gasteiger partial charge in [0.25, 0.3) is 0 Å². The van der Waals surface area contributed by atoms with Gasteiger partial charge in [-0.25, -0.2) is 17.5 Å². The summed E-state index contributed by atoms with van der Waals surface area (Å²) in [7, 11) is -3.16. The lowest BCUT2D eigenvalue weighted by Gasteiger charge is -2.48. The number of aliphatic hydroxyl groups is 3. The predicted molar refractivity (Wildman–Crippen MR) is 178 cm³/mol. The van der Waals surface area contributed by atoms with E-state index in [1.54, 1.807) is 12.1 Å². The van der Waals surface area contributed by atoms with E-state index in [1.807, 2.05) is 29.2 Å². The maximum absolute atomic E-state index is 13.6. The molecule has 1 amide bonds. The molecule has 0 aliphatic carbocycles. The van der Waals surface area contributed by atoms with Crippen LogP contribution in [0.3, 0.4) is 0 Å². The molecule has 0 radical (unpaired) electrons. The van der Waals surface area contributed by atoms with Crippen molar-refractivity contribution in [3.63, 3.8) is 0 Å². The Bertz CT molecular complexity index is 1480. The number of hydrogen-bond donors (Lipinski definition) is 4. The van der Waals surface area contributed by atoms with E-state index in [9.17, 15) is 32.9 Å². The molecule has 0 bridgehead atoms. The highest BCUT2D eigenvalue weighted by Gasteiger charge is 2.48. The van der Waals surface area contributed by atoms with Crippen LogP contribution in [-0.4, -0.2) is 55.7 Å². The van der Waals surface area contributed by atoms with Gasteiger partial charge >= 0.3 is 0 Å². The van der Waals surface area contributed by atoms with Gasteiger partial charge in [-0.05, 0) is 97.9 Å². The number of unbranched alkanes of at least 4 members (excludes halogenated alkanes) is 2. The fourth-order valence-corrected chi connectivity index (χ4v) is 6.63. The van der Waals surface area contributed by atoms with Crippen LogP contribution in [0.2, 0.25) is 0 Å². The Morgan fingerprint density at radius 3 is 2.04 bits per heavy atom. The van der Waals surface area contributed by atoms with Crippen molar-refractivity contribution < 1.29 is 32.9 Å². The van der Waals surface area contributed by atoms with Crippen molar-refractivity contribution >= 4 is 21.6 Å². The van der Waals surface area contributed by atoms with Gasteiger partial charge in [0.05, 0.1) is 24.3 Å².